The summed E-state index contributed by atoms with van der Waals surface area (Å²) in [5, 5.41) is 13.2. The average Bonchev–Trinajstić information content (AvgIpc) is 2.63. The molecule has 0 spiro atoms. The van der Waals surface area contributed by atoms with Crippen molar-refractivity contribution < 1.29 is 28.8 Å². The summed E-state index contributed by atoms with van der Waals surface area (Å²) in [6.07, 6.45) is -4.12. The Kier molecular flexibility index (Phi) is 6.31. The molecule has 10 heteroatoms. The number of alkyl halides is 3. The lowest BCUT2D eigenvalue weighted by Gasteiger charge is -2.47. The first-order chi connectivity index (χ1) is 12.3. The molecule has 0 saturated carbocycles. The highest BCUT2D eigenvalue weighted by Crippen LogP contribution is 2.35. The highest BCUT2D eigenvalue weighted by Gasteiger charge is 2.51. The van der Waals surface area contributed by atoms with E-state index in [1.165, 1.54) is 7.11 Å². The minimum Gasteiger partial charge on any atom is -0.388 e. The van der Waals surface area contributed by atoms with E-state index in [1.54, 1.807) is 0 Å². The number of methoxy groups -OCH3 is 1. The summed E-state index contributed by atoms with van der Waals surface area (Å²) in [5.41, 5.74) is 0.800. The minimum atomic E-state index is -2.18. The van der Waals surface area contributed by atoms with Crippen molar-refractivity contribution in [2.24, 2.45) is 0 Å². The van der Waals surface area contributed by atoms with E-state index in [-0.39, 0.29) is 6.61 Å². The van der Waals surface area contributed by atoms with Crippen LogP contribution in [-0.2, 0) is 23.7 Å². The number of fused-ring (bicyclic) bond motifs is 1. The number of hydrogen-bond acceptors (Lipinski definition) is 6. The normalized spacial score (nSPS) is 34.8. The van der Waals surface area contributed by atoms with Gasteiger partial charge in [-0.3, -0.25) is 4.79 Å². The fourth-order valence-corrected chi connectivity index (χ4v) is 3.12. The van der Waals surface area contributed by atoms with Crippen LogP contribution in [0.5, 0.6) is 0 Å². The molecule has 0 aromatic heterocycles. The van der Waals surface area contributed by atoms with Crippen molar-refractivity contribution >= 4 is 40.7 Å². The SMILES string of the molecule is CO[C@@H]1O[C@@H]2CO[C@@H](c3ccccc3)O[C@H]2[C@H](O)[C@H]1NC(=O)C(Cl)(Cl)Cl. The van der Waals surface area contributed by atoms with E-state index >= 15 is 0 Å². The molecule has 3 rings (SSSR count). The van der Waals surface area contributed by atoms with Crippen LogP contribution in [0.1, 0.15) is 11.9 Å². The van der Waals surface area contributed by atoms with Gasteiger partial charge in [-0.2, -0.15) is 0 Å². The molecule has 2 fully saturated rings. The van der Waals surface area contributed by atoms with Crippen LogP contribution in [0.4, 0.5) is 0 Å². The van der Waals surface area contributed by atoms with E-state index in [9.17, 15) is 9.90 Å². The number of rotatable bonds is 3. The van der Waals surface area contributed by atoms with Crippen molar-refractivity contribution in [1.29, 1.82) is 0 Å². The fraction of sp³-hybridized carbons (Fsp3) is 0.562. The monoisotopic (exact) mass is 425 g/mol. The van der Waals surface area contributed by atoms with Gasteiger partial charge in [0.1, 0.15) is 24.4 Å². The number of aliphatic hydroxyl groups excluding tert-OH is 1. The van der Waals surface area contributed by atoms with Crippen molar-refractivity contribution in [3.63, 3.8) is 0 Å². The largest absolute Gasteiger partial charge is 0.388 e. The van der Waals surface area contributed by atoms with Gasteiger partial charge in [0.25, 0.3) is 9.70 Å². The van der Waals surface area contributed by atoms with Crippen LogP contribution in [0.2, 0.25) is 0 Å². The number of halogens is 3. The van der Waals surface area contributed by atoms with Crippen LogP contribution in [0.3, 0.4) is 0 Å². The number of hydrogen-bond donors (Lipinski definition) is 2. The zero-order valence-electron chi connectivity index (χ0n) is 13.7. The lowest BCUT2D eigenvalue weighted by molar-refractivity contribution is -0.341. The summed E-state index contributed by atoms with van der Waals surface area (Å²) < 4.78 is 20.3. The van der Waals surface area contributed by atoms with Crippen molar-refractivity contribution in [3.8, 4) is 0 Å². The first-order valence-electron chi connectivity index (χ1n) is 7.87. The summed E-state index contributed by atoms with van der Waals surface area (Å²) in [4.78, 5) is 12.0. The van der Waals surface area contributed by atoms with Gasteiger partial charge >= 0.3 is 0 Å². The van der Waals surface area contributed by atoms with Gasteiger partial charge in [0.05, 0.1) is 6.61 Å². The Balaban J connectivity index is 1.76. The third-order valence-electron chi connectivity index (χ3n) is 4.22. The Morgan fingerprint density at radius 3 is 2.58 bits per heavy atom. The summed E-state index contributed by atoms with van der Waals surface area (Å²) >= 11 is 16.8. The molecule has 0 bridgehead atoms. The zero-order valence-corrected chi connectivity index (χ0v) is 15.9. The lowest BCUT2D eigenvalue weighted by Crippen LogP contribution is -2.67. The Labute approximate surface area is 165 Å². The molecular formula is C16H18Cl3NO6. The Bertz CT molecular complexity index is 628. The van der Waals surface area contributed by atoms with Gasteiger partial charge in [0.2, 0.25) is 0 Å². The van der Waals surface area contributed by atoms with Gasteiger partial charge in [-0.15, -0.1) is 0 Å². The first kappa shape index (κ1) is 20.1. The molecule has 1 aromatic carbocycles. The molecule has 144 valence electrons. The van der Waals surface area contributed by atoms with Crippen LogP contribution in [0.25, 0.3) is 0 Å². The van der Waals surface area contributed by atoms with Gasteiger partial charge in [-0.05, 0) is 0 Å². The summed E-state index contributed by atoms with van der Waals surface area (Å²) in [6, 6.07) is 8.29. The van der Waals surface area contributed by atoms with Crippen molar-refractivity contribution in [3.05, 3.63) is 35.9 Å². The number of aliphatic hydroxyl groups is 1. The third-order valence-corrected chi connectivity index (χ3v) is 4.74. The van der Waals surface area contributed by atoms with E-state index in [2.05, 4.69) is 5.32 Å². The number of carbonyl (C=O) groups is 1. The van der Waals surface area contributed by atoms with E-state index in [0.29, 0.717) is 0 Å². The van der Waals surface area contributed by atoms with E-state index < -0.39 is 46.6 Å². The predicted molar refractivity (Wildman–Crippen MR) is 93.9 cm³/mol. The lowest BCUT2D eigenvalue weighted by atomic mass is 9.95. The van der Waals surface area contributed by atoms with Crippen LogP contribution in [0, 0.1) is 0 Å². The second-order valence-corrected chi connectivity index (χ2v) is 8.22. The maximum absolute atomic E-state index is 12.0. The van der Waals surface area contributed by atoms with Gasteiger partial charge < -0.3 is 29.4 Å². The maximum Gasteiger partial charge on any atom is 0.272 e. The highest BCUT2D eigenvalue weighted by atomic mass is 35.6. The maximum atomic E-state index is 12.0. The highest BCUT2D eigenvalue weighted by molar-refractivity contribution is 6.76. The molecule has 1 aromatic rings. The number of ether oxygens (including phenoxy) is 4. The molecule has 0 aliphatic carbocycles. The average molecular weight is 427 g/mol. The summed E-state index contributed by atoms with van der Waals surface area (Å²) in [5.74, 6) is -0.901. The van der Waals surface area contributed by atoms with Gasteiger partial charge in [0.15, 0.2) is 12.6 Å². The van der Waals surface area contributed by atoms with E-state index in [1.807, 2.05) is 30.3 Å². The topological polar surface area (TPSA) is 86.2 Å². The van der Waals surface area contributed by atoms with Gasteiger partial charge in [-0.1, -0.05) is 65.1 Å². The molecular weight excluding hydrogens is 409 g/mol. The number of carbonyl (C=O) groups excluding carboxylic acids is 1. The Morgan fingerprint density at radius 1 is 1.27 bits per heavy atom. The van der Waals surface area contributed by atoms with Crippen LogP contribution >= 0.6 is 34.8 Å². The fourth-order valence-electron chi connectivity index (χ4n) is 2.96. The second kappa shape index (κ2) is 8.16. The van der Waals surface area contributed by atoms with Crippen molar-refractivity contribution in [2.75, 3.05) is 13.7 Å². The molecule has 2 aliphatic heterocycles. The van der Waals surface area contributed by atoms with Crippen molar-refractivity contribution in [1.82, 2.24) is 5.32 Å². The quantitative estimate of drug-likeness (QED) is 0.716. The Hall–Kier alpha value is -0.640. The number of nitrogens with one attached hydrogen (secondary N) is 1. The zero-order chi connectivity index (χ0) is 18.9. The van der Waals surface area contributed by atoms with Crippen LogP contribution in [-0.4, -0.2) is 59.2 Å². The van der Waals surface area contributed by atoms with E-state index in [4.69, 9.17) is 53.8 Å². The summed E-state index contributed by atoms with van der Waals surface area (Å²) in [7, 11) is 1.38. The second-order valence-electron chi connectivity index (χ2n) is 5.94. The molecule has 2 N–H and O–H groups in total. The standard InChI is InChI=1S/C16H18Cl3NO6/c1-23-14-10(20-15(22)16(17,18)19)11(21)12-9(25-14)7-24-13(26-12)8-5-3-2-4-6-8/h2-6,9-14,21H,7H2,1H3,(H,20,22)/t9-,10-,11-,12-,13-,14-/m1/s1. The number of amides is 1. The molecule has 26 heavy (non-hydrogen) atoms. The number of benzene rings is 1. The first-order valence-corrected chi connectivity index (χ1v) is 9.00. The smallest absolute Gasteiger partial charge is 0.272 e. The molecule has 1 amide bonds. The molecule has 0 unspecified atom stereocenters. The Morgan fingerprint density at radius 2 is 1.96 bits per heavy atom. The molecule has 6 atom stereocenters. The molecule has 2 aliphatic rings. The predicted octanol–water partition coefficient (Wildman–Crippen LogP) is 1.69. The summed E-state index contributed by atoms with van der Waals surface area (Å²) in [6.45, 7) is 0.187. The van der Waals surface area contributed by atoms with Crippen LogP contribution < -0.4 is 5.32 Å². The molecule has 7 nitrogen and oxygen atoms in total. The molecule has 2 saturated heterocycles. The van der Waals surface area contributed by atoms with Gasteiger partial charge in [-0.25, -0.2) is 0 Å². The van der Waals surface area contributed by atoms with Crippen molar-refractivity contribution in [2.45, 2.75) is 40.7 Å². The molecule has 2 heterocycles. The molecule has 0 radical (unpaired) electrons. The van der Waals surface area contributed by atoms with Gasteiger partial charge in [0, 0.05) is 12.7 Å². The van der Waals surface area contributed by atoms with Crippen LogP contribution in [0.15, 0.2) is 30.3 Å². The third kappa shape index (κ3) is 4.26. The minimum absolute atomic E-state index is 0.187. The van der Waals surface area contributed by atoms with E-state index in [0.717, 1.165) is 5.56 Å².